The third-order valence-corrected chi connectivity index (χ3v) is 6.96. The molecule has 3 rings (SSSR count). The van der Waals surface area contributed by atoms with Gasteiger partial charge in [-0.25, -0.2) is 21.2 Å². The SMILES string of the molecule is Cc1ccc(S(=O)(=O)Nc2ccc(Cl)cc2)cc1NS(=O)(=O)c1cccc(F)c1. The molecule has 0 aromatic heterocycles. The van der Waals surface area contributed by atoms with E-state index in [2.05, 4.69) is 9.44 Å². The predicted octanol–water partition coefficient (Wildman–Crippen LogP) is 4.39. The molecule has 0 saturated heterocycles. The van der Waals surface area contributed by atoms with Crippen LogP contribution in [0.25, 0.3) is 0 Å². The number of anilines is 2. The van der Waals surface area contributed by atoms with E-state index >= 15 is 0 Å². The minimum absolute atomic E-state index is 0.0632. The zero-order valence-corrected chi connectivity index (χ0v) is 17.4. The van der Waals surface area contributed by atoms with Gasteiger partial charge in [0.1, 0.15) is 5.82 Å². The maximum atomic E-state index is 13.4. The molecule has 0 fully saturated rings. The molecule has 10 heteroatoms. The summed E-state index contributed by atoms with van der Waals surface area (Å²) >= 11 is 5.79. The van der Waals surface area contributed by atoms with E-state index in [9.17, 15) is 21.2 Å². The molecular formula is C19H16ClFN2O4S2. The predicted molar refractivity (Wildman–Crippen MR) is 111 cm³/mol. The lowest BCUT2D eigenvalue weighted by atomic mass is 10.2. The highest BCUT2D eigenvalue weighted by Crippen LogP contribution is 2.25. The minimum Gasteiger partial charge on any atom is -0.280 e. The first-order chi connectivity index (χ1) is 13.6. The molecule has 3 aromatic rings. The van der Waals surface area contributed by atoms with Gasteiger partial charge in [0.2, 0.25) is 0 Å². The van der Waals surface area contributed by atoms with Crippen LogP contribution < -0.4 is 9.44 Å². The van der Waals surface area contributed by atoms with E-state index < -0.39 is 25.9 Å². The molecule has 2 N–H and O–H groups in total. The zero-order chi connectivity index (χ0) is 21.2. The second kappa shape index (κ2) is 8.02. The van der Waals surface area contributed by atoms with E-state index in [4.69, 9.17) is 11.6 Å². The van der Waals surface area contributed by atoms with Crippen LogP contribution in [-0.4, -0.2) is 16.8 Å². The van der Waals surface area contributed by atoms with Crippen molar-refractivity contribution in [3.05, 3.63) is 83.1 Å². The van der Waals surface area contributed by atoms with Gasteiger partial charge in [0.15, 0.2) is 0 Å². The van der Waals surface area contributed by atoms with Gasteiger partial charge in [-0.15, -0.1) is 0 Å². The van der Waals surface area contributed by atoms with E-state index in [1.807, 2.05) is 0 Å². The van der Waals surface area contributed by atoms with Crippen molar-refractivity contribution in [1.82, 2.24) is 0 Å². The Hall–Kier alpha value is -2.62. The average Bonchev–Trinajstić information content (AvgIpc) is 2.65. The zero-order valence-electron chi connectivity index (χ0n) is 15.1. The molecule has 0 aliphatic rings. The van der Waals surface area contributed by atoms with Crippen molar-refractivity contribution in [3.63, 3.8) is 0 Å². The van der Waals surface area contributed by atoms with Gasteiger partial charge in [-0.2, -0.15) is 0 Å². The van der Waals surface area contributed by atoms with Crippen molar-refractivity contribution in [3.8, 4) is 0 Å². The van der Waals surface area contributed by atoms with Gasteiger partial charge in [-0.3, -0.25) is 9.44 Å². The van der Waals surface area contributed by atoms with Gasteiger partial charge in [0, 0.05) is 10.7 Å². The van der Waals surface area contributed by atoms with Crippen LogP contribution in [0.15, 0.2) is 76.5 Å². The molecule has 3 aromatic carbocycles. The van der Waals surface area contributed by atoms with Gasteiger partial charge in [-0.05, 0) is 67.1 Å². The molecule has 0 bridgehead atoms. The molecule has 29 heavy (non-hydrogen) atoms. The molecule has 0 radical (unpaired) electrons. The molecule has 152 valence electrons. The summed E-state index contributed by atoms with van der Waals surface area (Å²) in [5, 5.41) is 0.456. The van der Waals surface area contributed by atoms with Gasteiger partial charge in [0.05, 0.1) is 15.5 Å². The Morgan fingerprint density at radius 3 is 2.07 bits per heavy atom. The first-order valence-electron chi connectivity index (χ1n) is 8.24. The first kappa shape index (κ1) is 21.1. The monoisotopic (exact) mass is 454 g/mol. The van der Waals surface area contributed by atoms with Crippen LogP contribution in [0.5, 0.6) is 0 Å². The number of aryl methyl sites for hydroxylation is 1. The molecule has 0 heterocycles. The van der Waals surface area contributed by atoms with Gasteiger partial charge in [0.25, 0.3) is 20.0 Å². The molecule has 6 nitrogen and oxygen atoms in total. The Morgan fingerprint density at radius 1 is 0.793 bits per heavy atom. The fourth-order valence-corrected chi connectivity index (χ4v) is 4.81. The van der Waals surface area contributed by atoms with Crippen LogP contribution in [0.1, 0.15) is 5.56 Å². The lowest BCUT2D eigenvalue weighted by Crippen LogP contribution is -2.16. The fourth-order valence-electron chi connectivity index (χ4n) is 2.45. The summed E-state index contributed by atoms with van der Waals surface area (Å²) in [4.78, 5) is -0.417. The highest BCUT2D eigenvalue weighted by Gasteiger charge is 2.20. The number of sulfonamides is 2. The second-order valence-electron chi connectivity index (χ2n) is 6.15. The summed E-state index contributed by atoms with van der Waals surface area (Å²) < 4.78 is 68.5. The van der Waals surface area contributed by atoms with Crippen molar-refractivity contribution in [1.29, 1.82) is 0 Å². The lowest BCUT2D eigenvalue weighted by molar-refractivity contribution is 0.594. The van der Waals surface area contributed by atoms with E-state index in [1.54, 1.807) is 6.92 Å². The third kappa shape index (κ3) is 5.06. The van der Waals surface area contributed by atoms with Crippen LogP contribution in [0, 0.1) is 12.7 Å². The van der Waals surface area contributed by atoms with E-state index in [-0.39, 0.29) is 15.5 Å². The van der Waals surface area contributed by atoms with E-state index in [0.29, 0.717) is 16.3 Å². The van der Waals surface area contributed by atoms with Crippen molar-refractivity contribution >= 4 is 43.0 Å². The summed E-state index contributed by atoms with van der Waals surface area (Å²) in [5.74, 6) is -0.701. The standard InChI is InChI=1S/C19H16ClFN2O4S2/c1-13-5-10-18(28(24,25)22-16-8-6-14(20)7-9-16)12-19(13)23-29(26,27)17-4-2-3-15(21)11-17/h2-12,22-23H,1H3. The van der Waals surface area contributed by atoms with Crippen molar-refractivity contribution in [2.24, 2.45) is 0 Å². The second-order valence-corrected chi connectivity index (χ2v) is 9.95. The summed E-state index contributed by atoms with van der Waals surface area (Å²) in [6, 6.07) is 14.6. The lowest BCUT2D eigenvalue weighted by Gasteiger charge is -2.13. The van der Waals surface area contributed by atoms with E-state index in [1.165, 1.54) is 54.6 Å². The smallest absolute Gasteiger partial charge is 0.262 e. The Kier molecular flexibility index (Phi) is 5.83. The average molecular weight is 455 g/mol. The minimum atomic E-state index is -4.10. The fraction of sp³-hybridized carbons (Fsp3) is 0.0526. The molecule has 0 unspecified atom stereocenters. The Balaban J connectivity index is 1.92. The van der Waals surface area contributed by atoms with E-state index in [0.717, 1.165) is 12.1 Å². The number of hydrogen-bond donors (Lipinski definition) is 2. The van der Waals surface area contributed by atoms with Gasteiger partial charge < -0.3 is 0 Å². The maximum Gasteiger partial charge on any atom is 0.262 e. The van der Waals surface area contributed by atoms with Gasteiger partial charge in [-0.1, -0.05) is 23.7 Å². The molecule has 0 amide bonds. The Bertz CT molecular complexity index is 1260. The molecule has 0 aliphatic heterocycles. The highest BCUT2D eigenvalue weighted by molar-refractivity contribution is 7.93. The number of rotatable bonds is 6. The van der Waals surface area contributed by atoms with Crippen molar-refractivity contribution < 1.29 is 21.2 Å². The molecule has 0 aliphatic carbocycles. The third-order valence-electron chi connectivity index (χ3n) is 3.97. The molecule has 0 atom stereocenters. The number of hydrogen-bond acceptors (Lipinski definition) is 4. The van der Waals surface area contributed by atoms with Crippen molar-refractivity contribution in [2.45, 2.75) is 16.7 Å². The maximum absolute atomic E-state index is 13.4. The number of halogens is 2. The highest BCUT2D eigenvalue weighted by atomic mass is 35.5. The number of nitrogens with one attached hydrogen (secondary N) is 2. The van der Waals surface area contributed by atoms with Crippen LogP contribution >= 0.6 is 11.6 Å². The number of benzene rings is 3. The van der Waals surface area contributed by atoms with Crippen LogP contribution in [-0.2, 0) is 20.0 Å². The summed E-state index contributed by atoms with van der Waals surface area (Å²) in [6.07, 6.45) is 0. The summed E-state index contributed by atoms with van der Waals surface area (Å²) in [7, 11) is -8.08. The normalized spacial score (nSPS) is 11.8. The molecule has 0 saturated carbocycles. The Labute approximate surface area is 173 Å². The van der Waals surface area contributed by atoms with Crippen LogP contribution in [0.3, 0.4) is 0 Å². The largest absolute Gasteiger partial charge is 0.280 e. The van der Waals surface area contributed by atoms with Crippen molar-refractivity contribution in [2.75, 3.05) is 9.44 Å². The Morgan fingerprint density at radius 2 is 1.41 bits per heavy atom. The van der Waals surface area contributed by atoms with Gasteiger partial charge >= 0.3 is 0 Å². The topological polar surface area (TPSA) is 92.3 Å². The first-order valence-corrected chi connectivity index (χ1v) is 11.6. The summed E-state index contributed by atoms with van der Waals surface area (Å²) in [5.41, 5.74) is 0.862. The summed E-state index contributed by atoms with van der Waals surface area (Å²) in [6.45, 7) is 1.62. The molecule has 0 spiro atoms. The van der Waals surface area contributed by atoms with Crippen LogP contribution in [0.2, 0.25) is 5.02 Å². The molecular weight excluding hydrogens is 439 g/mol. The quantitative estimate of drug-likeness (QED) is 0.577. The van der Waals surface area contributed by atoms with Crippen LogP contribution in [0.4, 0.5) is 15.8 Å².